The van der Waals surface area contributed by atoms with E-state index in [1.807, 2.05) is 37.3 Å². The number of hydrogen-bond donors (Lipinski definition) is 0. The Labute approximate surface area is 124 Å². The molecule has 3 heteroatoms. The molecule has 0 aliphatic rings. The second kappa shape index (κ2) is 7.06. The third-order valence-corrected chi connectivity index (χ3v) is 2.89. The molecule has 2 aromatic rings. The van der Waals surface area contributed by atoms with Crippen molar-refractivity contribution in [3.8, 4) is 11.8 Å². The van der Waals surface area contributed by atoms with Crippen LogP contribution in [-0.2, 0) is 0 Å². The molecule has 2 rings (SSSR count). The molecule has 21 heavy (non-hydrogen) atoms. The average Bonchev–Trinajstić information content (AvgIpc) is 2.53. The van der Waals surface area contributed by atoms with Crippen molar-refractivity contribution < 1.29 is 9.53 Å². The van der Waals surface area contributed by atoms with Gasteiger partial charge in [-0.05, 0) is 55.0 Å². The Bertz CT molecular complexity index is 694. The predicted octanol–water partition coefficient (Wildman–Crippen LogP) is 3.85. The lowest BCUT2D eigenvalue weighted by Gasteiger charge is -2.03. The number of nitrogens with zero attached hydrogens (tertiary/aromatic N) is 1. The highest BCUT2D eigenvalue weighted by atomic mass is 16.5. The van der Waals surface area contributed by atoms with E-state index in [-0.39, 0.29) is 5.78 Å². The molecule has 0 unspecified atom stereocenters. The zero-order valence-corrected chi connectivity index (χ0v) is 11.7. The summed E-state index contributed by atoms with van der Waals surface area (Å²) in [5.41, 5.74) is 2.01. The molecule has 0 saturated carbocycles. The van der Waals surface area contributed by atoms with Crippen molar-refractivity contribution in [2.75, 3.05) is 6.61 Å². The van der Waals surface area contributed by atoms with Crippen molar-refractivity contribution in [1.82, 2.24) is 0 Å². The number of rotatable bonds is 5. The molecule has 0 amide bonds. The third kappa shape index (κ3) is 4.05. The second-order valence-corrected chi connectivity index (χ2v) is 4.39. The van der Waals surface area contributed by atoms with Crippen molar-refractivity contribution in [3.05, 3.63) is 71.3 Å². The summed E-state index contributed by atoms with van der Waals surface area (Å²) in [5, 5.41) is 8.73. The van der Waals surface area contributed by atoms with Gasteiger partial charge in [-0.2, -0.15) is 5.26 Å². The Morgan fingerprint density at radius 1 is 1.24 bits per heavy atom. The number of allylic oxidation sites excluding steroid dienone is 1. The molecule has 0 saturated heterocycles. The summed E-state index contributed by atoms with van der Waals surface area (Å²) in [5.74, 6) is 0.687. The highest BCUT2D eigenvalue weighted by Gasteiger charge is 2.01. The number of carbonyl (C=O) groups excluding carboxylic acids is 1. The molecular weight excluding hydrogens is 262 g/mol. The molecule has 0 N–H and O–H groups in total. The van der Waals surface area contributed by atoms with Crippen LogP contribution in [0.3, 0.4) is 0 Å². The van der Waals surface area contributed by atoms with E-state index in [0.29, 0.717) is 17.7 Å². The Hall–Kier alpha value is -2.86. The first-order chi connectivity index (χ1) is 10.2. The van der Waals surface area contributed by atoms with Gasteiger partial charge in [0.15, 0.2) is 5.78 Å². The van der Waals surface area contributed by atoms with Crippen molar-refractivity contribution >= 4 is 11.9 Å². The summed E-state index contributed by atoms with van der Waals surface area (Å²) in [7, 11) is 0. The minimum atomic E-state index is -0.0960. The number of ether oxygens (including phenoxy) is 1. The van der Waals surface area contributed by atoms with E-state index in [2.05, 4.69) is 0 Å². The van der Waals surface area contributed by atoms with Gasteiger partial charge in [-0.1, -0.05) is 18.2 Å². The minimum Gasteiger partial charge on any atom is -0.494 e. The highest BCUT2D eigenvalue weighted by Crippen LogP contribution is 2.15. The van der Waals surface area contributed by atoms with Gasteiger partial charge in [0.25, 0.3) is 0 Å². The highest BCUT2D eigenvalue weighted by molar-refractivity contribution is 6.06. The van der Waals surface area contributed by atoms with Crippen LogP contribution < -0.4 is 4.74 Å². The van der Waals surface area contributed by atoms with Gasteiger partial charge in [-0.15, -0.1) is 0 Å². The first-order valence-corrected chi connectivity index (χ1v) is 6.68. The second-order valence-electron chi connectivity index (χ2n) is 4.39. The van der Waals surface area contributed by atoms with Crippen LogP contribution in [0.25, 0.3) is 6.08 Å². The topological polar surface area (TPSA) is 50.1 Å². The van der Waals surface area contributed by atoms with E-state index in [1.54, 1.807) is 30.3 Å². The summed E-state index contributed by atoms with van der Waals surface area (Å²) >= 11 is 0. The van der Waals surface area contributed by atoms with Crippen LogP contribution >= 0.6 is 0 Å². The molecule has 0 bridgehead atoms. The minimum absolute atomic E-state index is 0.0960. The van der Waals surface area contributed by atoms with E-state index < -0.39 is 0 Å². The summed E-state index contributed by atoms with van der Waals surface area (Å²) in [6.45, 7) is 2.54. The molecular formula is C18H15NO2. The number of benzene rings is 2. The van der Waals surface area contributed by atoms with Gasteiger partial charge >= 0.3 is 0 Å². The summed E-state index contributed by atoms with van der Waals surface area (Å²) in [4.78, 5) is 12.0. The first kappa shape index (κ1) is 14.5. The van der Waals surface area contributed by atoms with Crippen LogP contribution in [0.2, 0.25) is 0 Å². The van der Waals surface area contributed by atoms with E-state index >= 15 is 0 Å². The lowest BCUT2D eigenvalue weighted by atomic mass is 10.1. The number of nitriles is 1. The summed E-state index contributed by atoms with van der Waals surface area (Å²) in [6, 6.07) is 16.2. The van der Waals surface area contributed by atoms with Gasteiger partial charge in [-0.25, -0.2) is 0 Å². The molecule has 0 radical (unpaired) electrons. The van der Waals surface area contributed by atoms with Crippen molar-refractivity contribution in [2.24, 2.45) is 0 Å². The lowest BCUT2D eigenvalue weighted by molar-refractivity contribution is 0.104. The molecule has 0 aliphatic heterocycles. The van der Waals surface area contributed by atoms with Crippen molar-refractivity contribution in [2.45, 2.75) is 6.92 Å². The molecule has 0 aliphatic carbocycles. The quantitative estimate of drug-likeness (QED) is 0.616. The Morgan fingerprint density at radius 2 is 2.00 bits per heavy atom. The van der Waals surface area contributed by atoms with E-state index in [1.165, 1.54) is 6.08 Å². The Kier molecular flexibility index (Phi) is 4.89. The number of ketones is 1. The van der Waals surface area contributed by atoms with Crippen LogP contribution in [0.15, 0.2) is 54.6 Å². The molecule has 0 atom stereocenters. The van der Waals surface area contributed by atoms with E-state index in [9.17, 15) is 4.79 Å². The Morgan fingerprint density at radius 3 is 2.67 bits per heavy atom. The zero-order valence-electron chi connectivity index (χ0n) is 11.7. The largest absolute Gasteiger partial charge is 0.494 e. The SMILES string of the molecule is CCOc1cccc(/C=C/C(=O)c2ccc(C#N)cc2)c1. The van der Waals surface area contributed by atoms with Crippen molar-refractivity contribution in [3.63, 3.8) is 0 Å². The maximum Gasteiger partial charge on any atom is 0.185 e. The summed E-state index contributed by atoms with van der Waals surface area (Å²) < 4.78 is 5.41. The van der Waals surface area contributed by atoms with Crippen molar-refractivity contribution in [1.29, 1.82) is 5.26 Å². The van der Waals surface area contributed by atoms with Crippen LogP contribution in [0.4, 0.5) is 0 Å². The predicted molar refractivity (Wildman–Crippen MR) is 82.1 cm³/mol. The number of hydrogen-bond acceptors (Lipinski definition) is 3. The molecule has 0 heterocycles. The van der Waals surface area contributed by atoms with Gasteiger partial charge in [-0.3, -0.25) is 4.79 Å². The molecule has 0 aromatic heterocycles. The average molecular weight is 277 g/mol. The van der Waals surface area contributed by atoms with Gasteiger partial charge < -0.3 is 4.74 Å². The van der Waals surface area contributed by atoms with Gasteiger partial charge in [0.1, 0.15) is 5.75 Å². The number of carbonyl (C=O) groups is 1. The summed E-state index contributed by atoms with van der Waals surface area (Å²) in [6.07, 6.45) is 3.27. The van der Waals surface area contributed by atoms with E-state index in [4.69, 9.17) is 10.00 Å². The van der Waals surface area contributed by atoms with Crippen LogP contribution in [0.1, 0.15) is 28.4 Å². The molecule has 0 spiro atoms. The van der Waals surface area contributed by atoms with Crippen LogP contribution in [0, 0.1) is 11.3 Å². The third-order valence-electron chi connectivity index (χ3n) is 2.89. The monoisotopic (exact) mass is 277 g/mol. The fourth-order valence-corrected chi connectivity index (χ4v) is 1.85. The first-order valence-electron chi connectivity index (χ1n) is 6.68. The maximum absolute atomic E-state index is 12.0. The van der Waals surface area contributed by atoms with Crippen LogP contribution in [-0.4, -0.2) is 12.4 Å². The van der Waals surface area contributed by atoms with E-state index in [0.717, 1.165) is 11.3 Å². The smallest absolute Gasteiger partial charge is 0.185 e. The van der Waals surface area contributed by atoms with Gasteiger partial charge in [0, 0.05) is 5.56 Å². The fraction of sp³-hybridized carbons (Fsp3) is 0.111. The zero-order chi connectivity index (χ0) is 15.1. The molecule has 2 aromatic carbocycles. The standard InChI is InChI=1S/C18H15NO2/c1-2-21-17-5-3-4-14(12-17)8-11-18(20)16-9-6-15(13-19)7-10-16/h3-12H,2H2,1H3/b11-8+. The lowest BCUT2D eigenvalue weighted by Crippen LogP contribution is -1.94. The van der Waals surface area contributed by atoms with Gasteiger partial charge in [0.05, 0.1) is 18.2 Å². The van der Waals surface area contributed by atoms with Crippen LogP contribution in [0.5, 0.6) is 5.75 Å². The molecule has 104 valence electrons. The Balaban J connectivity index is 2.11. The van der Waals surface area contributed by atoms with Gasteiger partial charge in [0.2, 0.25) is 0 Å². The maximum atomic E-state index is 12.0. The normalized spacial score (nSPS) is 10.3. The fourth-order valence-electron chi connectivity index (χ4n) is 1.85. The molecule has 3 nitrogen and oxygen atoms in total. The molecule has 0 fully saturated rings.